The van der Waals surface area contributed by atoms with Crippen molar-refractivity contribution in [3.05, 3.63) is 36.5 Å². The Morgan fingerprint density at radius 3 is 0.967 bits per heavy atom. The molecule has 0 heterocycles. The maximum absolute atomic E-state index is 12.8. The summed E-state index contributed by atoms with van der Waals surface area (Å²) in [5, 5.41) is 0. The van der Waals surface area contributed by atoms with Gasteiger partial charge in [-0.05, 0) is 51.4 Å². The fourth-order valence-electron chi connectivity index (χ4n) is 7.64. The van der Waals surface area contributed by atoms with E-state index in [9.17, 15) is 14.4 Å². The molecule has 0 aromatic rings. The van der Waals surface area contributed by atoms with Crippen LogP contribution in [-0.2, 0) is 28.6 Å². The monoisotopic (exact) mass is 857 g/mol. The van der Waals surface area contributed by atoms with Crippen molar-refractivity contribution < 1.29 is 28.6 Å². The quantitative estimate of drug-likeness (QED) is 0.0262. The molecule has 0 saturated heterocycles. The first-order chi connectivity index (χ1) is 30.0. The summed E-state index contributed by atoms with van der Waals surface area (Å²) in [5.41, 5.74) is 0. The van der Waals surface area contributed by atoms with Crippen LogP contribution in [0.5, 0.6) is 0 Å². The van der Waals surface area contributed by atoms with Gasteiger partial charge in [0.1, 0.15) is 13.2 Å². The largest absolute Gasteiger partial charge is 0.462 e. The molecule has 61 heavy (non-hydrogen) atoms. The van der Waals surface area contributed by atoms with Gasteiger partial charge in [-0.3, -0.25) is 14.4 Å². The first kappa shape index (κ1) is 58.6. The zero-order valence-electron chi connectivity index (χ0n) is 40.7. The average Bonchev–Trinajstić information content (AvgIpc) is 3.26. The lowest BCUT2D eigenvalue weighted by molar-refractivity contribution is -0.167. The summed E-state index contributed by atoms with van der Waals surface area (Å²) >= 11 is 0. The Hall–Kier alpha value is -2.37. The van der Waals surface area contributed by atoms with Crippen molar-refractivity contribution in [3.63, 3.8) is 0 Å². The van der Waals surface area contributed by atoms with E-state index in [1.165, 1.54) is 173 Å². The topological polar surface area (TPSA) is 78.9 Å². The molecule has 0 aliphatic heterocycles. The summed E-state index contributed by atoms with van der Waals surface area (Å²) in [5.74, 6) is -0.929. The second-order valence-electron chi connectivity index (χ2n) is 17.8. The number of unbranched alkanes of at least 4 members (excludes halogenated alkanes) is 31. The van der Waals surface area contributed by atoms with Gasteiger partial charge in [0.25, 0.3) is 0 Å². The van der Waals surface area contributed by atoms with Crippen molar-refractivity contribution >= 4 is 17.9 Å². The van der Waals surface area contributed by atoms with Crippen LogP contribution in [0.25, 0.3) is 0 Å². The van der Waals surface area contributed by atoms with Gasteiger partial charge in [-0.25, -0.2) is 0 Å². The standard InChI is InChI=1S/C55H100O6/c1-4-7-10-13-16-19-22-24-26-27-29-31-34-37-40-43-46-49-55(58)61-52(50-59-53(56)47-44-41-38-35-32-21-18-15-12-9-6-3)51-60-54(57)48-45-42-39-36-33-30-28-25-23-20-17-14-11-8-5-2/h24,26,29,31,37,40,52H,4-23,25,27-28,30,32-36,38-39,41-51H2,1-3H3/b26-24-,31-29-,40-37-/t52-/m0/s1. The van der Waals surface area contributed by atoms with Gasteiger partial charge in [-0.1, -0.05) is 243 Å². The van der Waals surface area contributed by atoms with Gasteiger partial charge in [-0.15, -0.1) is 0 Å². The third-order valence-corrected chi connectivity index (χ3v) is 11.6. The van der Waals surface area contributed by atoms with Crippen molar-refractivity contribution in [2.75, 3.05) is 13.2 Å². The molecule has 0 saturated carbocycles. The molecule has 0 aliphatic rings. The number of rotatable bonds is 48. The maximum Gasteiger partial charge on any atom is 0.306 e. The molecule has 6 heteroatoms. The van der Waals surface area contributed by atoms with Crippen LogP contribution in [0.4, 0.5) is 0 Å². The lowest BCUT2D eigenvalue weighted by atomic mass is 10.0. The van der Waals surface area contributed by atoms with Crippen LogP contribution in [-0.4, -0.2) is 37.2 Å². The number of ether oxygens (including phenoxy) is 3. The summed E-state index contributed by atoms with van der Waals surface area (Å²) < 4.78 is 16.8. The van der Waals surface area contributed by atoms with E-state index in [1.54, 1.807) is 0 Å². The van der Waals surface area contributed by atoms with Crippen molar-refractivity contribution in [1.29, 1.82) is 0 Å². The number of allylic oxidation sites excluding steroid dienone is 6. The highest BCUT2D eigenvalue weighted by molar-refractivity contribution is 5.71. The van der Waals surface area contributed by atoms with Crippen molar-refractivity contribution in [2.24, 2.45) is 0 Å². The zero-order chi connectivity index (χ0) is 44.4. The Kier molecular flexibility index (Phi) is 48.3. The smallest absolute Gasteiger partial charge is 0.306 e. The van der Waals surface area contributed by atoms with Gasteiger partial charge in [0.05, 0.1) is 0 Å². The summed E-state index contributed by atoms with van der Waals surface area (Å²) in [7, 11) is 0. The molecule has 0 amide bonds. The molecule has 0 radical (unpaired) electrons. The van der Waals surface area contributed by atoms with E-state index in [-0.39, 0.29) is 37.5 Å². The average molecular weight is 857 g/mol. The first-order valence-corrected chi connectivity index (χ1v) is 26.5. The molecule has 0 unspecified atom stereocenters. The van der Waals surface area contributed by atoms with Gasteiger partial charge in [-0.2, -0.15) is 0 Å². The molecule has 0 aliphatic carbocycles. The van der Waals surface area contributed by atoms with Gasteiger partial charge < -0.3 is 14.2 Å². The van der Waals surface area contributed by atoms with Crippen molar-refractivity contribution in [3.8, 4) is 0 Å². The van der Waals surface area contributed by atoms with Crippen LogP contribution >= 0.6 is 0 Å². The Bertz CT molecular complexity index is 1030. The number of carbonyl (C=O) groups is 3. The molecule has 0 bridgehead atoms. The van der Waals surface area contributed by atoms with Crippen molar-refractivity contribution in [1.82, 2.24) is 0 Å². The molecule has 356 valence electrons. The number of hydrogen-bond donors (Lipinski definition) is 0. The molecule has 1 atom stereocenters. The Labute approximate surface area is 378 Å². The van der Waals surface area contributed by atoms with Crippen LogP contribution < -0.4 is 0 Å². The fraction of sp³-hybridized carbons (Fsp3) is 0.836. The van der Waals surface area contributed by atoms with Gasteiger partial charge in [0, 0.05) is 19.3 Å². The Morgan fingerprint density at radius 2 is 0.607 bits per heavy atom. The summed E-state index contributed by atoms with van der Waals surface area (Å²) in [6.07, 6.45) is 58.5. The highest BCUT2D eigenvalue weighted by Gasteiger charge is 2.19. The minimum atomic E-state index is -0.792. The first-order valence-electron chi connectivity index (χ1n) is 26.5. The fourth-order valence-corrected chi connectivity index (χ4v) is 7.64. The minimum Gasteiger partial charge on any atom is -0.462 e. The molecular formula is C55H100O6. The normalized spacial score (nSPS) is 12.2. The Balaban J connectivity index is 4.41. The molecule has 0 fully saturated rings. The Morgan fingerprint density at radius 1 is 0.328 bits per heavy atom. The van der Waals surface area contributed by atoms with Gasteiger partial charge >= 0.3 is 17.9 Å². The molecule has 0 spiro atoms. The lowest BCUT2D eigenvalue weighted by Gasteiger charge is -2.18. The lowest BCUT2D eigenvalue weighted by Crippen LogP contribution is -2.30. The third-order valence-electron chi connectivity index (χ3n) is 11.6. The maximum atomic E-state index is 12.8. The second kappa shape index (κ2) is 50.3. The molecule has 0 N–H and O–H groups in total. The van der Waals surface area contributed by atoms with Crippen LogP contribution in [0.15, 0.2) is 36.5 Å². The second-order valence-corrected chi connectivity index (χ2v) is 17.8. The minimum absolute atomic E-state index is 0.0878. The van der Waals surface area contributed by atoms with E-state index in [1.807, 2.05) is 0 Å². The molecule has 0 aromatic carbocycles. The van der Waals surface area contributed by atoms with Crippen LogP contribution in [0.1, 0.15) is 278 Å². The molecular weight excluding hydrogens is 757 g/mol. The van der Waals surface area contributed by atoms with E-state index in [0.717, 1.165) is 57.8 Å². The SMILES string of the molecule is CCCCCCCC/C=C\C/C=C\C/C=C\CCCC(=O)O[C@@H](COC(=O)CCCCCCCCCCCCC)COC(=O)CCCCCCCCCCCCCCCCC. The van der Waals surface area contributed by atoms with Gasteiger partial charge in [0.15, 0.2) is 6.10 Å². The van der Waals surface area contributed by atoms with Crippen LogP contribution in [0.2, 0.25) is 0 Å². The summed E-state index contributed by atoms with van der Waals surface area (Å²) in [6.45, 7) is 6.61. The highest BCUT2D eigenvalue weighted by atomic mass is 16.6. The van der Waals surface area contributed by atoms with E-state index in [0.29, 0.717) is 19.3 Å². The van der Waals surface area contributed by atoms with Crippen LogP contribution in [0.3, 0.4) is 0 Å². The van der Waals surface area contributed by atoms with E-state index in [2.05, 4.69) is 57.2 Å². The van der Waals surface area contributed by atoms with Crippen LogP contribution in [0, 0.1) is 0 Å². The van der Waals surface area contributed by atoms with E-state index < -0.39 is 6.10 Å². The molecule has 0 aromatic heterocycles. The van der Waals surface area contributed by atoms with E-state index in [4.69, 9.17) is 14.2 Å². The van der Waals surface area contributed by atoms with Crippen molar-refractivity contribution in [2.45, 2.75) is 284 Å². The number of carbonyl (C=O) groups excluding carboxylic acids is 3. The van der Waals surface area contributed by atoms with Gasteiger partial charge in [0.2, 0.25) is 0 Å². The zero-order valence-corrected chi connectivity index (χ0v) is 40.7. The molecule has 0 rings (SSSR count). The third kappa shape index (κ3) is 48.5. The molecule has 6 nitrogen and oxygen atoms in total. The highest BCUT2D eigenvalue weighted by Crippen LogP contribution is 2.16. The number of hydrogen-bond acceptors (Lipinski definition) is 6. The summed E-state index contributed by atoms with van der Waals surface area (Å²) in [6, 6.07) is 0. The predicted octanol–water partition coefficient (Wildman–Crippen LogP) is 17.3. The summed E-state index contributed by atoms with van der Waals surface area (Å²) in [4.78, 5) is 37.9. The number of esters is 3. The van der Waals surface area contributed by atoms with E-state index >= 15 is 0 Å². The predicted molar refractivity (Wildman–Crippen MR) is 261 cm³/mol.